The molecule has 0 unspecified atom stereocenters. The van der Waals surface area contributed by atoms with Crippen molar-refractivity contribution in [3.05, 3.63) is 52.3 Å². The molecule has 1 aromatic heterocycles. The van der Waals surface area contributed by atoms with Gasteiger partial charge in [-0.3, -0.25) is 0 Å². The van der Waals surface area contributed by atoms with Gasteiger partial charge in [0.15, 0.2) is 0 Å². The van der Waals surface area contributed by atoms with Crippen LogP contribution in [0.15, 0.2) is 35.2 Å². The molecule has 1 aromatic carbocycles. The van der Waals surface area contributed by atoms with Gasteiger partial charge in [-0.2, -0.15) is 0 Å². The fraction of sp³-hybridized carbons (Fsp3) is 0.182. The fourth-order valence-corrected chi connectivity index (χ4v) is 1.71. The fourth-order valence-electron chi connectivity index (χ4n) is 1.38. The summed E-state index contributed by atoms with van der Waals surface area (Å²) in [6, 6.07) is 6.48. The van der Waals surface area contributed by atoms with Crippen LogP contribution in [0.5, 0.6) is 0 Å². The molecule has 0 saturated carbocycles. The molecule has 78 valence electrons. The van der Waals surface area contributed by atoms with Crippen LogP contribution in [0.1, 0.15) is 11.3 Å². The molecule has 1 heterocycles. The first-order chi connectivity index (χ1) is 7.16. The van der Waals surface area contributed by atoms with Gasteiger partial charge in [0.25, 0.3) is 0 Å². The predicted molar refractivity (Wildman–Crippen MR) is 60.1 cm³/mol. The van der Waals surface area contributed by atoms with Crippen LogP contribution < -0.4 is 0 Å². The number of nitrogens with zero attached hydrogens (tertiary/aromatic N) is 2. The normalized spacial score (nSPS) is 10.6. The van der Waals surface area contributed by atoms with Gasteiger partial charge in [-0.1, -0.05) is 12.1 Å². The average Bonchev–Trinajstić information content (AvgIpc) is 2.53. The number of imidazole rings is 1. The molecule has 0 fully saturated rings. The highest BCUT2D eigenvalue weighted by molar-refractivity contribution is 9.10. The van der Waals surface area contributed by atoms with E-state index >= 15 is 0 Å². The topological polar surface area (TPSA) is 17.8 Å². The van der Waals surface area contributed by atoms with Crippen molar-refractivity contribution >= 4 is 15.9 Å². The van der Waals surface area contributed by atoms with Crippen molar-refractivity contribution in [3.63, 3.8) is 0 Å². The summed E-state index contributed by atoms with van der Waals surface area (Å²) in [5.41, 5.74) is 2.01. The van der Waals surface area contributed by atoms with E-state index in [4.69, 9.17) is 0 Å². The summed E-state index contributed by atoms with van der Waals surface area (Å²) in [5.74, 6) is -0.209. The van der Waals surface area contributed by atoms with Crippen molar-refractivity contribution in [2.24, 2.45) is 7.05 Å². The van der Waals surface area contributed by atoms with E-state index < -0.39 is 0 Å². The molecule has 0 bridgehead atoms. The first-order valence-corrected chi connectivity index (χ1v) is 5.36. The van der Waals surface area contributed by atoms with E-state index in [2.05, 4.69) is 20.9 Å². The number of hydrogen-bond donors (Lipinski definition) is 0. The summed E-state index contributed by atoms with van der Waals surface area (Å²) in [4.78, 5) is 4.26. The van der Waals surface area contributed by atoms with Crippen LogP contribution in [0, 0.1) is 5.82 Å². The minimum atomic E-state index is -0.209. The van der Waals surface area contributed by atoms with Gasteiger partial charge in [-0.15, -0.1) is 0 Å². The quantitative estimate of drug-likeness (QED) is 0.819. The van der Waals surface area contributed by atoms with Gasteiger partial charge in [0.2, 0.25) is 0 Å². The molecule has 2 aromatic rings. The molecular formula is C11H10BrFN2. The van der Waals surface area contributed by atoms with Gasteiger partial charge in [0.1, 0.15) is 10.4 Å². The van der Waals surface area contributed by atoms with E-state index in [0.717, 1.165) is 15.9 Å². The first kappa shape index (κ1) is 10.4. The Morgan fingerprint density at radius 2 is 2.00 bits per heavy atom. The van der Waals surface area contributed by atoms with Gasteiger partial charge < -0.3 is 4.57 Å². The predicted octanol–water partition coefficient (Wildman–Crippen LogP) is 2.91. The molecule has 2 nitrogen and oxygen atoms in total. The van der Waals surface area contributed by atoms with Crippen molar-refractivity contribution in [2.45, 2.75) is 6.42 Å². The molecule has 0 amide bonds. The Bertz CT molecular complexity index is 462. The van der Waals surface area contributed by atoms with Crippen LogP contribution in [0.25, 0.3) is 0 Å². The highest BCUT2D eigenvalue weighted by Gasteiger charge is 2.06. The Kier molecular flexibility index (Phi) is 2.86. The number of aryl methyl sites for hydroxylation is 1. The number of rotatable bonds is 2. The Labute approximate surface area is 95.9 Å². The average molecular weight is 269 g/mol. The van der Waals surface area contributed by atoms with Crippen LogP contribution in [0.2, 0.25) is 0 Å². The second-order valence-corrected chi connectivity index (χ2v) is 4.15. The minimum Gasteiger partial charge on any atom is -0.328 e. The maximum Gasteiger partial charge on any atom is 0.123 e. The largest absolute Gasteiger partial charge is 0.328 e. The zero-order valence-electron chi connectivity index (χ0n) is 8.24. The molecule has 15 heavy (non-hydrogen) atoms. The summed E-state index contributed by atoms with van der Waals surface area (Å²) < 4.78 is 15.5. The third-order valence-electron chi connectivity index (χ3n) is 2.22. The van der Waals surface area contributed by atoms with Gasteiger partial charge in [-0.05, 0) is 33.6 Å². The van der Waals surface area contributed by atoms with Crippen LogP contribution in [-0.4, -0.2) is 9.55 Å². The Morgan fingerprint density at radius 1 is 1.33 bits per heavy atom. The maximum absolute atomic E-state index is 12.7. The van der Waals surface area contributed by atoms with Crippen molar-refractivity contribution in [2.75, 3.05) is 0 Å². The van der Waals surface area contributed by atoms with E-state index in [1.54, 1.807) is 18.5 Å². The maximum atomic E-state index is 12.7. The second-order valence-electron chi connectivity index (χ2n) is 3.40. The number of aromatic nitrogens is 2. The molecule has 4 heteroatoms. The SMILES string of the molecule is Cn1cnc(Cc2ccc(F)cc2)c1Br. The molecule has 0 aliphatic heterocycles. The lowest BCUT2D eigenvalue weighted by molar-refractivity contribution is 0.627. The first-order valence-electron chi connectivity index (χ1n) is 4.57. The van der Waals surface area contributed by atoms with Crippen LogP contribution >= 0.6 is 15.9 Å². The molecule has 0 N–H and O–H groups in total. The van der Waals surface area contributed by atoms with Gasteiger partial charge in [0.05, 0.1) is 12.0 Å². The lowest BCUT2D eigenvalue weighted by Crippen LogP contribution is -1.91. The second kappa shape index (κ2) is 4.14. The highest BCUT2D eigenvalue weighted by atomic mass is 79.9. The molecule has 0 saturated heterocycles. The van der Waals surface area contributed by atoms with Crippen molar-refractivity contribution in [1.82, 2.24) is 9.55 Å². The molecule has 0 radical (unpaired) electrons. The standard InChI is InChI=1S/C11H10BrFN2/c1-15-7-14-10(11(15)12)6-8-2-4-9(13)5-3-8/h2-5,7H,6H2,1H3. The Balaban J connectivity index is 2.22. The molecule has 0 spiro atoms. The van der Waals surface area contributed by atoms with Crippen LogP contribution in [-0.2, 0) is 13.5 Å². The van der Waals surface area contributed by atoms with Crippen LogP contribution in [0.4, 0.5) is 4.39 Å². The third-order valence-corrected chi connectivity index (χ3v) is 3.24. The van der Waals surface area contributed by atoms with E-state index in [9.17, 15) is 4.39 Å². The van der Waals surface area contributed by atoms with Crippen LogP contribution in [0.3, 0.4) is 0 Å². The molecule has 0 atom stereocenters. The van der Waals surface area contributed by atoms with E-state index in [1.807, 2.05) is 11.6 Å². The molecular weight excluding hydrogens is 259 g/mol. The summed E-state index contributed by atoms with van der Waals surface area (Å²) in [6.07, 6.45) is 2.46. The van der Waals surface area contributed by atoms with Crippen molar-refractivity contribution < 1.29 is 4.39 Å². The monoisotopic (exact) mass is 268 g/mol. The molecule has 0 aliphatic carbocycles. The summed E-state index contributed by atoms with van der Waals surface area (Å²) in [7, 11) is 1.92. The zero-order valence-corrected chi connectivity index (χ0v) is 9.83. The number of benzene rings is 1. The Hall–Kier alpha value is -1.16. The van der Waals surface area contributed by atoms with Crippen molar-refractivity contribution in [3.8, 4) is 0 Å². The van der Waals surface area contributed by atoms with E-state index in [-0.39, 0.29) is 5.82 Å². The smallest absolute Gasteiger partial charge is 0.123 e. The van der Waals surface area contributed by atoms with Gasteiger partial charge in [0, 0.05) is 13.5 Å². The molecule has 2 rings (SSSR count). The zero-order chi connectivity index (χ0) is 10.8. The van der Waals surface area contributed by atoms with E-state index in [0.29, 0.717) is 6.42 Å². The summed E-state index contributed by atoms with van der Waals surface area (Å²) >= 11 is 3.45. The third kappa shape index (κ3) is 2.26. The highest BCUT2D eigenvalue weighted by Crippen LogP contribution is 2.17. The van der Waals surface area contributed by atoms with E-state index in [1.165, 1.54) is 12.1 Å². The number of halogens is 2. The van der Waals surface area contributed by atoms with Gasteiger partial charge >= 0.3 is 0 Å². The summed E-state index contributed by atoms with van der Waals surface area (Å²) in [5, 5.41) is 0. The lowest BCUT2D eigenvalue weighted by Gasteiger charge is -1.99. The summed E-state index contributed by atoms with van der Waals surface area (Å²) in [6.45, 7) is 0. The Morgan fingerprint density at radius 3 is 2.53 bits per heavy atom. The van der Waals surface area contributed by atoms with Crippen molar-refractivity contribution in [1.29, 1.82) is 0 Å². The minimum absolute atomic E-state index is 0.209. The van der Waals surface area contributed by atoms with Gasteiger partial charge in [-0.25, -0.2) is 9.37 Å². The molecule has 0 aliphatic rings. The number of hydrogen-bond acceptors (Lipinski definition) is 1. The lowest BCUT2D eigenvalue weighted by atomic mass is 10.1.